The molecule has 2 heterocycles. The molecule has 1 aromatic heterocycles. The van der Waals surface area contributed by atoms with Gasteiger partial charge in [-0.1, -0.05) is 18.5 Å². The largest absolute Gasteiger partial charge is 0.441 e. The first-order valence-corrected chi connectivity index (χ1v) is 10.1. The van der Waals surface area contributed by atoms with Gasteiger partial charge >= 0.3 is 0 Å². The Balaban J connectivity index is 1.56. The zero-order chi connectivity index (χ0) is 19.4. The Labute approximate surface area is 166 Å². The Bertz CT molecular complexity index is 764. The monoisotopic (exact) mass is 389 g/mol. The maximum atomic E-state index is 12.3. The molecule has 1 fully saturated rings. The van der Waals surface area contributed by atoms with Gasteiger partial charge in [-0.3, -0.25) is 9.69 Å². The molecule has 1 unspecified atom stereocenters. The average Bonchev–Trinajstić information content (AvgIpc) is 3.03. The molecule has 1 aliphatic heterocycles. The lowest BCUT2D eigenvalue weighted by Gasteiger charge is -2.31. The fourth-order valence-electron chi connectivity index (χ4n) is 3.32. The summed E-state index contributed by atoms with van der Waals surface area (Å²) >= 11 is 5.95. The van der Waals surface area contributed by atoms with E-state index in [9.17, 15) is 4.79 Å². The third kappa shape index (κ3) is 5.11. The number of nitrogens with one attached hydrogen (secondary N) is 1. The standard InChI is InChI=1S/C21H28ClN3O2/c1-4-14(2)23-20(26)16-9-11-25(12-10-16)13-19-15(3)27-21(24-19)17-5-7-18(22)8-6-17/h5-8,14,16H,4,9-13H2,1-3H3,(H,23,26). The third-order valence-electron chi connectivity index (χ3n) is 5.32. The highest BCUT2D eigenvalue weighted by Gasteiger charge is 2.26. The van der Waals surface area contributed by atoms with Crippen LogP contribution in [0.25, 0.3) is 11.5 Å². The highest BCUT2D eigenvalue weighted by molar-refractivity contribution is 6.30. The molecule has 5 nitrogen and oxygen atoms in total. The van der Waals surface area contributed by atoms with E-state index in [4.69, 9.17) is 16.0 Å². The Hall–Kier alpha value is -1.85. The van der Waals surface area contributed by atoms with Crippen LogP contribution in [0, 0.1) is 12.8 Å². The van der Waals surface area contributed by atoms with Crippen molar-refractivity contribution >= 4 is 17.5 Å². The number of rotatable bonds is 6. The van der Waals surface area contributed by atoms with Gasteiger partial charge < -0.3 is 9.73 Å². The zero-order valence-electron chi connectivity index (χ0n) is 16.3. The number of hydrogen-bond donors (Lipinski definition) is 1. The fourth-order valence-corrected chi connectivity index (χ4v) is 3.44. The number of nitrogens with zero attached hydrogens (tertiary/aromatic N) is 2. The second-order valence-corrected chi connectivity index (χ2v) is 7.83. The molecular weight excluding hydrogens is 362 g/mol. The molecule has 1 aliphatic rings. The Morgan fingerprint density at radius 2 is 2.00 bits per heavy atom. The molecule has 27 heavy (non-hydrogen) atoms. The van der Waals surface area contributed by atoms with Gasteiger partial charge in [-0.05, 0) is 70.5 Å². The van der Waals surface area contributed by atoms with E-state index in [1.807, 2.05) is 31.2 Å². The minimum Gasteiger partial charge on any atom is -0.441 e. The molecule has 0 radical (unpaired) electrons. The molecule has 1 amide bonds. The van der Waals surface area contributed by atoms with Crippen LogP contribution < -0.4 is 5.32 Å². The van der Waals surface area contributed by atoms with Gasteiger partial charge in [0.2, 0.25) is 11.8 Å². The van der Waals surface area contributed by atoms with Gasteiger partial charge in [0.15, 0.2) is 0 Å². The molecule has 0 saturated carbocycles. The van der Waals surface area contributed by atoms with Crippen molar-refractivity contribution in [2.45, 2.75) is 52.6 Å². The number of piperidine rings is 1. The van der Waals surface area contributed by atoms with Gasteiger partial charge in [0.25, 0.3) is 0 Å². The maximum absolute atomic E-state index is 12.3. The second kappa shape index (κ2) is 8.89. The third-order valence-corrected chi connectivity index (χ3v) is 5.57. The highest BCUT2D eigenvalue weighted by atomic mass is 35.5. The van der Waals surface area contributed by atoms with E-state index >= 15 is 0 Å². The van der Waals surface area contributed by atoms with E-state index in [1.165, 1.54) is 0 Å². The van der Waals surface area contributed by atoms with Crippen LogP contribution in [0.2, 0.25) is 5.02 Å². The van der Waals surface area contributed by atoms with Crippen LogP contribution in [0.5, 0.6) is 0 Å². The molecule has 146 valence electrons. The number of aromatic nitrogens is 1. The Morgan fingerprint density at radius 1 is 1.33 bits per heavy atom. The number of carbonyl (C=O) groups is 1. The summed E-state index contributed by atoms with van der Waals surface area (Å²) in [6, 6.07) is 7.76. The minimum absolute atomic E-state index is 0.123. The summed E-state index contributed by atoms with van der Waals surface area (Å²) < 4.78 is 5.85. The number of carbonyl (C=O) groups excluding carboxylic acids is 1. The van der Waals surface area contributed by atoms with Crippen molar-refractivity contribution in [2.75, 3.05) is 13.1 Å². The van der Waals surface area contributed by atoms with Crippen molar-refractivity contribution in [1.29, 1.82) is 0 Å². The summed E-state index contributed by atoms with van der Waals surface area (Å²) in [7, 11) is 0. The van der Waals surface area contributed by atoms with E-state index in [0.29, 0.717) is 10.9 Å². The molecular formula is C21H28ClN3O2. The Kier molecular flexibility index (Phi) is 6.55. The predicted molar refractivity (Wildman–Crippen MR) is 108 cm³/mol. The number of oxazole rings is 1. The molecule has 2 aromatic rings. The van der Waals surface area contributed by atoms with Crippen LogP contribution in [0.3, 0.4) is 0 Å². The van der Waals surface area contributed by atoms with E-state index < -0.39 is 0 Å². The fraction of sp³-hybridized carbons (Fsp3) is 0.524. The highest BCUT2D eigenvalue weighted by Crippen LogP contribution is 2.25. The number of halogens is 1. The summed E-state index contributed by atoms with van der Waals surface area (Å²) in [4.78, 5) is 19.3. The molecule has 1 N–H and O–H groups in total. The molecule has 6 heteroatoms. The van der Waals surface area contributed by atoms with Crippen molar-refractivity contribution < 1.29 is 9.21 Å². The van der Waals surface area contributed by atoms with E-state index in [2.05, 4.69) is 29.0 Å². The number of benzene rings is 1. The first kappa shape index (κ1) is 19.9. The molecule has 0 spiro atoms. The lowest BCUT2D eigenvalue weighted by atomic mass is 9.95. The molecule has 0 bridgehead atoms. The number of likely N-dealkylation sites (tertiary alicyclic amines) is 1. The van der Waals surface area contributed by atoms with E-state index in [1.54, 1.807) is 0 Å². The lowest BCUT2D eigenvalue weighted by Crippen LogP contribution is -2.42. The molecule has 3 rings (SSSR count). The quantitative estimate of drug-likeness (QED) is 0.793. The average molecular weight is 390 g/mol. The van der Waals surface area contributed by atoms with Gasteiger partial charge in [-0.2, -0.15) is 0 Å². The van der Waals surface area contributed by atoms with Gasteiger partial charge in [-0.15, -0.1) is 0 Å². The molecule has 0 aliphatic carbocycles. The first-order valence-electron chi connectivity index (χ1n) is 9.71. The SMILES string of the molecule is CCC(C)NC(=O)C1CCN(Cc2nc(-c3ccc(Cl)cc3)oc2C)CC1. The molecule has 1 saturated heterocycles. The van der Waals surface area contributed by atoms with Crippen molar-refractivity contribution in [3.05, 3.63) is 40.7 Å². The predicted octanol–water partition coefficient (Wildman–Crippen LogP) is 4.43. The van der Waals surface area contributed by atoms with Gasteiger partial charge in [0, 0.05) is 29.1 Å². The summed E-state index contributed by atoms with van der Waals surface area (Å²) in [6.07, 6.45) is 2.75. The maximum Gasteiger partial charge on any atom is 0.226 e. The number of hydrogen-bond acceptors (Lipinski definition) is 4. The van der Waals surface area contributed by atoms with Crippen LogP contribution >= 0.6 is 11.6 Å². The molecule has 1 aromatic carbocycles. The summed E-state index contributed by atoms with van der Waals surface area (Å²) in [5.41, 5.74) is 1.89. The molecule has 1 atom stereocenters. The summed E-state index contributed by atoms with van der Waals surface area (Å²) in [5, 5.41) is 3.80. The first-order chi connectivity index (χ1) is 13.0. The van der Waals surface area contributed by atoms with Crippen molar-refractivity contribution in [3.8, 4) is 11.5 Å². The van der Waals surface area contributed by atoms with Gasteiger partial charge in [0.05, 0.1) is 5.69 Å². The smallest absolute Gasteiger partial charge is 0.226 e. The van der Waals surface area contributed by atoms with Gasteiger partial charge in [0.1, 0.15) is 5.76 Å². The van der Waals surface area contributed by atoms with Crippen LogP contribution in [-0.4, -0.2) is 34.9 Å². The van der Waals surface area contributed by atoms with Crippen LogP contribution in [-0.2, 0) is 11.3 Å². The summed E-state index contributed by atoms with van der Waals surface area (Å²) in [5.74, 6) is 1.79. The van der Waals surface area contributed by atoms with Gasteiger partial charge in [-0.25, -0.2) is 4.98 Å². The van der Waals surface area contributed by atoms with Crippen LogP contribution in [0.15, 0.2) is 28.7 Å². The van der Waals surface area contributed by atoms with Crippen molar-refractivity contribution in [2.24, 2.45) is 5.92 Å². The Morgan fingerprint density at radius 3 is 2.63 bits per heavy atom. The number of aryl methyl sites for hydroxylation is 1. The zero-order valence-corrected chi connectivity index (χ0v) is 17.1. The normalized spacial score (nSPS) is 17.0. The minimum atomic E-state index is 0.123. The second-order valence-electron chi connectivity index (χ2n) is 7.40. The number of amides is 1. The van der Waals surface area contributed by atoms with E-state index in [0.717, 1.165) is 55.9 Å². The topological polar surface area (TPSA) is 58.4 Å². The lowest BCUT2D eigenvalue weighted by molar-refractivity contribution is -0.127. The van der Waals surface area contributed by atoms with Crippen LogP contribution in [0.1, 0.15) is 44.6 Å². The van der Waals surface area contributed by atoms with Crippen molar-refractivity contribution in [3.63, 3.8) is 0 Å². The van der Waals surface area contributed by atoms with Crippen molar-refractivity contribution in [1.82, 2.24) is 15.2 Å². The summed E-state index contributed by atoms with van der Waals surface area (Å²) in [6.45, 7) is 8.66. The van der Waals surface area contributed by atoms with Crippen LogP contribution in [0.4, 0.5) is 0 Å². The van der Waals surface area contributed by atoms with E-state index in [-0.39, 0.29) is 17.9 Å².